The van der Waals surface area contributed by atoms with Crippen molar-refractivity contribution in [2.24, 2.45) is 0 Å². The summed E-state index contributed by atoms with van der Waals surface area (Å²) in [4.78, 5) is 34.3. The molecule has 1 N–H and O–H groups in total. The maximum atomic E-state index is 12.0. The monoisotopic (exact) mass is 410 g/mol. The number of halogens is 2. The first-order valence-corrected chi connectivity index (χ1v) is 8.61. The second-order valence-corrected chi connectivity index (χ2v) is 6.63. The van der Waals surface area contributed by atoms with E-state index in [1.807, 2.05) is 0 Å². The number of nitro benzene ring substituents is 1. The molecule has 0 aliphatic rings. The van der Waals surface area contributed by atoms with Crippen molar-refractivity contribution >= 4 is 40.8 Å². The van der Waals surface area contributed by atoms with E-state index in [2.05, 4.69) is 5.32 Å². The van der Waals surface area contributed by atoms with Gasteiger partial charge in [-0.05, 0) is 43.7 Å². The highest BCUT2D eigenvalue weighted by Gasteiger charge is 2.17. The number of aryl methyl sites for hydroxylation is 1. The maximum Gasteiger partial charge on any atom is 0.338 e. The summed E-state index contributed by atoms with van der Waals surface area (Å²) in [5.41, 5.74) is 1.02. The van der Waals surface area contributed by atoms with Gasteiger partial charge in [0.1, 0.15) is 0 Å². The molecule has 0 aliphatic heterocycles. The maximum absolute atomic E-state index is 12.0. The molecule has 0 bridgehead atoms. The molecule has 0 aliphatic carbocycles. The Hall–Kier alpha value is -2.64. The van der Waals surface area contributed by atoms with Crippen LogP contribution in [0.3, 0.4) is 0 Å². The Balaban J connectivity index is 1.94. The summed E-state index contributed by atoms with van der Waals surface area (Å²) in [6.45, 7) is 2.75. The summed E-state index contributed by atoms with van der Waals surface area (Å²) in [6, 6.07) is 8.34. The third kappa shape index (κ3) is 5.42. The molecule has 0 heterocycles. The number of nitrogens with one attached hydrogen (secondary N) is 1. The predicted octanol–water partition coefficient (Wildman–Crippen LogP) is 4.24. The third-order valence-corrected chi connectivity index (χ3v) is 4.33. The molecule has 0 radical (unpaired) electrons. The van der Waals surface area contributed by atoms with Gasteiger partial charge in [0.25, 0.3) is 11.6 Å². The lowest BCUT2D eigenvalue weighted by Gasteiger charge is -2.16. The molecule has 0 saturated heterocycles. The number of nitrogens with zero attached hydrogens (tertiary/aromatic N) is 1. The van der Waals surface area contributed by atoms with Crippen molar-refractivity contribution in [2.75, 3.05) is 6.61 Å². The van der Waals surface area contributed by atoms with Gasteiger partial charge < -0.3 is 10.1 Å². The average Bonchev–Trinajstić information content (AvgIpc) is 2.59. The van der Waals surface area contributed by atoms with Gasteiger partial charge in [0.2, 0.25) is 0 Å². The summed E-state index contributed by atoms with van der Waals surface area (Å²) in [6.07, 6.45) is 0. The first-order chi connectivity index (χ1) is 12.7. The van der Waals surface area contributed by atoms with Crippen LogP contribution in [0, 0.1) is 17.0 Å². The van der Waals surface area contributed by atoms with Crippen LogP contribution in [-0.2, 0) is 9.53 Å². The molecular formula is C18H16Cl2N2O5. The minimum absolute atomic E-state index is 0.0991. The summed E-state index contributed by atoms with van der Waals surface area (Å²) in [7, 11) is 0. The van der Waals surface area contributed by atoms with Gasteiger partial charge in [-0.25, -0.2) is 4.79 Å². The Kier molecular flexibility index (Phi) is 6.76. The number of carbonyl (C=O) groups is 2. The third-order valence-electron chi connectivity index (χ3n) is 3.77. The number of hydrogen-bond donors (Lipinski definition) is 1. The Bertz CT molecular complexity index is 901. The highest BCUT2D eigenvalue weighted by molar-refractivity contribution is 6.35. The topological polar surface area (TPSA) is 98.5 Å². The lowest BCUT2D eigenvalue weighted by atomic mass is 10.1. The minimum atomic E-state index is -0.750. The SMILES string of the molecule is Cc1cc(C(=O)OCC(=O)N[C@H](C)c2ccc(Cl)cc2Cl)ccc1[N+](=O)[O-]. The first-order valence-electron chi connectivity index (χ1n) is 7.85. The molecule has 2 rings (SSSR count). The molecule has 142 valence electrons. The van der Waals surface area contributed by atoms with E-state index in [4.69, 9.17) is 27.9 Å². The van der Waals surface area contributed by atoms with E-state index >= 15 is 0 Å². The van der Waals surface area contributed by atoms with Crippen molar-refractivity contribution < 1.29 is 19.2 Å². The van der Waals surface area contributed by atoms with Crippen LogP contribution in [0.2, 0.25) is 10.0 Å². The number of hydrogen-bond acceptors (Lipinski definition) is 5. The lowest BCUT2D eigenvalue weighted by molar-refractivity contribution is -0.385. The number of amides is 1. The first kappa shape index (κ1) is 20.7. The molecule has 27 heavy (non-hydrogen) atoms. The Labute approximate surface area is 165 Å². The number of ether oxygens (including phenoxy) is 1. The van der Waals surface area contributed by atoms with E-state index in [0.29, 0.717) is 21.2 Å². The zero-order valence-corrected chi connectivity index (χ0v) is 16.0. The van der Waals surface area contributed by atoms with E-state index in [0.717, 1.165) is 0 Å². The highest BCUT2D eigenvalue weighted by atomic mass is 35.5. The zero-order valence-electron chi connectivity index (χ0n) is 14.5. The van der Waals surface area contributed by atoms with Gasteiger partial charge in [0.15, 0.2) is 6.61 Å². The predicted molar refractivity (Wildman–Crippen MR) is 101 cm³/mol. The number of carbonyl (C=O) groups excluding carboxylic acids is 2. The van der Waals surface area contributed by atoms with Crippen molar-refractivity contribution in [3.63, 3.8) is 0 Å². The van der Waals surface area contributed by atoms with Crippen LogP contribution in [-0.4, -0.2) is 23.4 Å². The second kappa shape index (κ2) is 8.83. The zero-order chi connectivity index (χ0) is 20.1. The Morgan fingerprint density at radius 3 is 2.52 bits per heavy atom. The van der Waals surface area contributed by atoms with Gasteiger partial charge in [-0.1, -0.05) is 29.3 Å². The molecule has 1 amide bonds. The number of rotatable bonds is 6. The van der Waals surface area contributed by atoms with Crippen molar-refractivity contribution in [2.45, 2.75) is 19.9 Å². The van der Waals surface area contributed by atoms with Crippen LogP contribution >= 0.6 is 23.2 Å². The standard InChI is InChI=1S/C18H16Cl2N2O5/c1-10-7-12(3-6-16(10)22(25)26)18(24)27-9-17(23)21-11(2)14-5-4-13(19)8-15(14)20/h3-8,11H,9H2,1-2H3,(H,21,23)/t11-/m1/s1. The molecule has 0 aromatic heterocycles. The van der Waals surface area contributed by atoms with Gasteiger partial charge in [-0.2, -0.15) is 0 Å². The normalized spacial score (nSPS) is 11.6. The summed E-state index contributed by atoms with van der Waals surface area (Å²) in [5, 5.41) is 14.4. The summed E-state index contributed by atoms with van der Waals surface area (Å²) >= 11 is 11.9. The highest BCUT2D eigenvalue weighted by Crippen LogP contribution is 2.26. The van der Waals surface area contributed by atoms with E-state index in [-0.39, 0.29) is 11.3 Å². The number of nitro groups is 1. The van der Waals surface area contributed by atoms with E-state index < -0.39 is 29.4 Å². The number of benzene rings is 2. The van der Waals surface area contributed by atoms with Crippen LogP contribution < -0.4 is 5.32 Å². The largest absolute Gasteiger partial charge is 0.452 e. The van der Waals surface area contributed by atoms with Gasteiger partial charge >= 0.3 is 5.97 Å². The quantitative estimate of drug-likeness (QED) is 0.436. The molecule has 0 saturated carbocycles. The van der Waals surface area contributed by atoms with Crippen LogP contribution in [0.5, 0.6) is 0 Å². The molecular weight excluding hydrogens is 395 g/mol. The average molecular weight is 411 g/mol. The fraction of sp³-hybridized carbons (Fsp3) is 0.222. The van der Waals surface area contributed by atoms with E-state index in [1.165, 1.54) is 25.1 Å². The van der Waals surface area contributed by atoms with Gasteiger partial charge in [-0.3, -0.25) is 14.9 Å². The van der Waals surface area contributed by atoms with Crippen LogP contribution in [0.15, 0.2) is 36.4 Å². The molecule has 2 aromatic carbocycles. The van der Waals surface area contributed by atoms with E-state index in [9.17, 15) is 19.7 Å². The van der Waals surface area contributed by atoms with Crippen molar-refractivity contribution in [3.05, 3.63) is 73.2 Å². The fourth-order valence-electron chi connectivity index (χ4n) is 2.42. The molecule has 7 nitrogen and oxygen atoms in total. The van der Waals surface area contributed by atoms with Crippen LogP contribution in [0.4, 0.5) is 5.69 Å². The fourth-order valence-corrected chi connectivity index (χ4v) is 2.99. The molecule has 0 spiro atoms. The molecule has 2 aromatic rings. The Morgan fingerprint density at radius 2 is 1.93 bits per heavy atom. The van der Waals surface area contributed by atoms with Crippen LogP contribution in [0.1, 0.15) is 34.5 Å². The van der Waals surface area contributed by atoms with Crippen molar-refractivity contribution in [1.82, 2.24) is 5.32 Å². The molecule has 9 heteroatoms. The summed E-state index contributed by atoms with van der Waals surface area (Å²) in [5.74, 6) is -1.26. The van der Waals surface area contributed by atoms with Crippen molar-refractivity contribution in [1.29, 1.82) is 0 Å². The minimum Gasteiger partial charge on any atom is -0.452 e. The Morgan fingerprint density at radius 1 is 1.22 bits per heavy atom. The molecule has 0 fully saturated rings. The smallest absolute Gasteiger partial charge is 0.338 e. The van der Waals surface area contributed by atoms with Crippen LogP contribution in [0.25, 0.3) is 0 Å². The second-order valence-electron chi connectivity index (χ2n) is 5.79. The molecule has 0 unspecified atom stereocenters. The molecule has 1 atom stereocenters. The van der Waals surface area contributed by atoms with Crippen molar-refractivity contribution in [3.8, 4) is 0 Å². The van der Waals surface area contributed by atoms with Gasteiger partial charge in [0, 0.05) is 21.7 Å². The van der Waals surface area contributed by atoms with Gasteiger partial charge in [-0.15, -0.1) is 0 Å². The van der Waals surface area contributed by atoms with Gasteiger partial charge in [0.05, 0.1) is 16.5 Å². The number of esters is 1. The lowest BCUT2D eigenvalue weighted by Crippen LogP contribution is -2.31. The van der Waals surface area contributed by atoms with E-state index in [1.54, 1.807) is 25.1 Å². The summed E-state index contributed by atoms with van der Waals surface area (Å²) < 4.78 is 4.96.